The third kappa shape index (κ3) is 11.5. The van der Waals surface area contributed by atoms with Crippen molar-refractivity contribution in [2.24, 2.45) is 17.4 Å². The summed E-state index contributed by atoms with van der Waals surface area (Å²) >= 11 is 1.45. The Morgan fingerprint density at radius 2 is 1.51 bits per heavy atom. The molecular weight excluding hydrogens is 502 g/mol. The molecule has 0 aromatic heterocycles. The van der Waals surface area contributed by atoms with E-state index in [1.54, 1.807) is 26.0 Å². The van der Waals surface area contributed by atoms with E-state index in [-0.39, 0.29) is 37.4 Å². The summed E-state index contributed by atoms with van der Waals surface area (Å²) in [5.41, 5.74) is 11.5. The van der Waals surface area contributed by atoms with E-state index in [4.69, 9.17) is 11.5 Å². The third-order valence-electron chi connectivity index (χ3n) is 5.52. The Morgan fingerprint density at radius 1 is 0.919 bits per heavy atom. The van der Waals surface area contributed by atoms with Crippen molar-refractivity contribution >= 4 is 41.4 Å². The van der Waals surface area contributed by atoms with Gasteiger partial charge in [-0.1, -0.05) is 26.0 Å². The van der Waals surface area contributed by atoms with E-state index in [1.165, 1.54) is 23.9 Å². The zero-order valence-corrected chi connectivity index (χ0v) is 22.0. The van der Waals surface area contributed by atoms with Gasteiger partial charge >= 0.3 is 5.97 Å². The Labute approximate surface area is 220 Å². The second-order valence-corrected chi connectivity index (χ2v) is 9.94. The van der Waals surface area contributed by atoms with Gasteiger partial charge in [0, 0.05) is 12.8 Å². The summed E-state index contributed by atoms with van der Waals surface area (Å²) in [6, 6.07) is 1.54. The van der Waals surface area contributed by atoms with Gasteiger partial charge in [0.2, 0.25) is 23.6 Å². The van der Waals surface area contributed by atoms with Gasteiger partial charge in [0.25, 0.3) is 0 Å². The lowest BCUT2D eigenvalue weighted by Crippen LogP contribution is -2.58. The standard InChI is InChI=1S/C24H37N5O7S/c1-13(2)20(29-21(32)16(25)8-9-19(26)31)23(34)27-17(10-11-37-3)22(33)28-18(24(35)36)12-14-4-6-15(30)7-5-14/h4-7,13,16-18,20,30H,8-12,25H2,1-3H3,(H2,26,31)(H,27,34)(H,28,33)(H,29,32)(H,35,36). The molecule has 206 valence electrons. The van der Waals surface area contributed by atoms with Crippen molar-refractivity contribution in [1.82, 2.24) is 16.0 Å². The molecular formula is C24H37N5O7S. The summed E-state index contributed by atoms with van der Waals surface area (Å²) in [5, 5.41) is 26.7. The van der Waals surface area contributed by atoms with Crippen LogP contribution in [0.15, 0.2) is 24.3 Å². The Balaban J connectivity index is 2.94. The molecule has 0 bridgehead atoms. The van der Waals surface area contributed by atoms with Gasteiger partial charge < -0.3 is 37.6 Å². The van der Waals surface area contributed by atoms with Crippen molar-refractivity contribution < 1.29 is 34.2 Å². The maximum absolute atomic E-state index is 13.1. The van der Waals surface area contributed by atoms with E-state index in [0.29, 0.717) is 11.3 Å². The highest BCUT2D eigenvalue weighted by Gasteiger charge is 2.31. The number of phenols is 1. The van der Waals surface area contributed by atoms with Gasteiger partial charge in [-0.3, -0.25) is 19.2 Å². The van der Waals surface area contributed by atoms with Gasteiger partial charge in [0.1, 0.15) is 23.9 Å². The monoisotopic (exact) mass is 539 g/mol. The van der Waals surface area contributed by atoms with Crippen molar-refractivity contribution in [2.75, 3.05) is 12.0 Å². The fraction of sp³-hybridized carbons (Fsp3) is 0.542. The van der Waals surface area contributed by atoms with Crippen molar-refractivity contribution in [3.05, 3.63) is 29.8 Å². The molecule has 0 heterocycles. The molecule has 37 heavy (non-hydrogen) atoms. The lowest BCUT2D eigenvalue weighted by atomic mass is 10.0. The Hall–Kier alpha value is -3.32. The lowest BCUT2D eigenvalue weighted by molar-refractivity contribution is -0.142. The minimum atomic E-state index is -1.27. The molecule has 12 nitrogen and oxygen atoms in total. The fourth-order valence-corrected chi connectivity index (χ4v) is 3.80. The van der Waals surface area contributed by atoms with Crippen molar-refractivity contribution in [2.45, 2.75) is 63.7 Å². The number of aromatic hydroxyl groups is 1. The van der Waals surface area contributed by atoms with E-state index in [9.17, 15) is 34.2 Å². The van der Waals surface area contributed by atoms with Gasteiger partial charge in [-0.15, -0.1) is 0 Å². The van der Waals surface area contributed by atoms with Gasteiger partial charge in [0.05, 0.1) is 6.04 Å². The highest BCUT2D eigenvalue weighted by Crippen LogP contribution is 2.12. The highest BCUT2D eigenvalue weighted by atomic mass is 32.2. The maximum Gasteiger partial charge on any atom is 0.326 e. The number of benzene rings is 1. The molecule has 9 N–H and O–H groups in total. The highest BCUT2D eigenvalue weighted by molar-refractivity contribution is 7.98. The van der Waals surface area contributed by atoms with Crippen LogP contribution in [0.25, 0.3) is 0 Å². The number of carboxylic acids is 1. The number of amides is 4. The average molecular weight is 540 g/mol. The van der Waals surface area contributed by atoms with E-state index >= 15 is 0 Å². The number of carbonyl (C=O) groups is 5. The third-order valence-corrected chi connectivity index (χ3v) is 6.16. The quantitative estimate of drug-likeness (QED) is 0.144. The summed E-state index contributed by atoms with van der Waals surface area (Å²) in [4.78, 5) is 61.3. The van der Waals surface area contributed by atoms with Crippen LogP contribution in [0.3, 0.4) is 0 Å². The molecule has 1 aromatic rings. The lowest BCUT2D eigenvalue weighted by Gasteiger charge is -2.27. The molecule has 4 unspecified atom stereocenters. The molecule has 0 saturated carbocycles. The maximum atomic E-state index is 13.1. The molecule has 0 saturated heterocycles. The summed E-state index contributed by atoms with van der Waals surface area (Å²) in [6.07, 6.45) is 1.95. The van der Waals surface area contributed by atoms with E-state index in [0.717, 1.165) is 0 Å². The predicted molar refractivity (Wildman–Crippen MR) is 139 cm³/mol. The number of primary amides is 1. The van der Waals surface area contributed by atoms with Gasteiger partial charge in [0.15, 0.2) is 0 Å². The average Bonchev–Trinajstić information content (AvgIpc) is 2.83. The molecule has 0 aliphatic rings. The zero-order valence-electron chi connectivity index (χ0n) is 21.2. The van der Waals surface area contributed by atoms with E-state index in [2.05, 4.69) is 16.0 Å². The predicted octanol–water partition coefficient (Wildman–Crippen LogP) is -0.524. The number of hydrogen-bond acceptors (Lipinski definition) is 8. The van der Waals surface area contributed by atoms with Crippen molar-refractivity contribution in [1.29, 1.82) is 0 Å². The Morgan fingerprint density at radius 3 is 2.03 bits per heavy atom. The van der Waals surface area contributed by atoms with Crippen LogP contribution in [0.2, 0.25) is 0 Å². The number of phenolic OH excluding ortho intramolecular Hbond substituents is 1. The number of hydrogen-bond donors (Lipinski definition) is 7. The van der Waals surface area contributed by atoms with Crippen LogP contribution in [0.4, 0.5) is 0 Å². The number of carbonyl (C=O) groups excluding carboxylic acids is 4. The minimum absolute atomic E-state index is 0.0178. The topological polar surface area (TPSA) is 214 Å². The first-order chi connectivity index (χ1) is 17.3. The van der Waals surface area contributed by atoms with Gasteiger partial charge in [-0.2, -0.15) is 11.8 Å². The first-order valence-corrected chi connectivity index (χ1v) is 13.2. The van der Waals surface area contributed by atoms with Crippen LogP contribution < -0.4 is 27.4 Å². The van der Waals surface area contributed by atoms with E-state index < -0.39 is 53.8 Å². The number of rotatable bonds is 16. The second-order valence-electron chi connectivity index (χ2n) is 8.95. The summed E-state index contributed by atoms with van der Waals surface area (Å²) < 4.78 is 0. The van der Waals surface area contributed by atoms with Crippen LogP contribution in [0.5, 0.6) is 5.75 Å². The molecule has 1 rings (SSSR count). The largest absolute Gasteiger partial charge is 0.508 e. The first-order valence-electron chi connectivity index (χ1n) is 11.8. The molecule has 0 radical (unpaired) electrons. The van der Waals surface area contributed by atoms with Crippen LogP contribution in [0.1, 0.15) is 38.7 Å². The van der Waals surface area contributed by atoms with E-state index in [1.807, 2.05) is 6.26 Å². The molecule has 4 amide bonds. The van der Waals surface area contributed by atoms with Crippen LogP contribution in [-0.2, 0) is 30.4 Å². The van der Waals surface area contributed by atoms with Gasteiger partial charge in [-0.25, -0.2) is 4.79 Å². The zero-order chi connectivity index (χ0) is 28.1. The van der Waals surface area contributed by atoms with Gasteiger partial charge in [-0.05, 0) is 48.5 Å². The molecule has 1 aromatic carbocycles. The normalized spacial score (nSPS) is 14.2. The second kappa shape index (κ2) is 15.7. The number of carboxylic acid groups (broad SMARTS) is 1. The molecule has 0 aliphatic heterocycles. The molecule has 4 atom stereocenters. The fourth-order valence-electron chi connectivity index (χ4n) is 3.33. The Kier molecular flexibility index (Phi) is 13.5. The van der Waals surface area contributed by atoms with Crippen LogP contribution >= 0.6 is 11.8 Å². The molecule has 0 aliphatic carbocycles. The van der Waals surface area contributed by atoms with Crippen LogP contribution in [-0.4, -0.2) is 76.0 Å². The summed E-state index contributed by atoms with van der Waals surface area (Å²) in [5.74, 6) is -3.64. The number of thioether (sulfide) groups is 1. The summed E-state index contributed by atoms with van der Waals surface area (Å²) in [7, 11) is 0. The number of nitrogens with one attached hydrogen (secondary N) is 3. The minimum Gasteiger partial charge on any atom is -0.508 e. The SMILES string of the molecule is CSCCC(NC(=O)C(NC(=O)C(N)CCC(N)=O)C(C)C)C(=O)NC(Cc1ccc(O)cc1)C(=O)O. The smallest absolute Gasteiger partial charge is 0.326 e. The van der Waals surface area contributed by atoms with Crippen molar-refractivity contribution in [3.8, 4) is 5.75 Å². The number of aliphatic carboxylic acids is 1. The first kappa shape index (κ1) is 31.7. The molecule has 0 spiro atoms. The molecule has 0 fully saturated rings. The van der Waals surface area contributed by atoms with Crippen LogP contribution in [0, 0.1) is 5.92 Å². The molecule has 13 heteroatoms. The van der Waals surface area contributed by atoms with Crippen molar-refractivity contribution in [3.63, 3.8) is 0 Å². The number of nitrogens with two attached hydrogens (primary N) is 2. The Bertz CT molecular complexity index is 942. The summed E-state index contributed by atoms with van der Waals surface area (Å²) in [6.45, 7) is 3.41.